The molecule has 1 aliphatic rings. The second-order valence-electron chi connectivity index (χ2n) is 9.21. The van der Waals surface area contributed by atoms with E-state index in [1.54, 1.807) is 32.4 Å². The van der Waals surface area contributed by atoms with Crippen molar-refractivity contribution in [3.05, 3.63) is 85.2 Å². The Labute approximate surface area is 222 Å². The van der Waals surface area contributed by atoms with Crippen LogP contribution < -0.4 is 15.4 Å². The van der Waals surface area contributed by atoms with Gasteiger partial charge in [0.2, 0.25) is 5.91 Å². The number of nitrogens with zero attached hydrogens (tertiary/aromatic N) is 7. The Morgan fingerprint density at radius 3 is 2.74 bits per heavy atom. The first kappa shape index (κ1) is 24.1. The molecule has 1 unspecified atom stereocenters. The third-order valence-electron chi connectivity index (χ3n) is 6.61. The van der Waals surface area contributed by atoms with E-state index in [4.69, 9.17) is 4.74 Å². The van der Waals surface area contributed by atoms with E-state index in [-0.39, 0.29) is 17.9 Å². The maximum atomic E-state index is 13.4. The summed E-state index contributed by atoms with van der Waals surface area (Å²) in [6.07, 6.45) is 8.37. The minimum atomic E-state index is -0.244. The molecule has 12 heteroatoms. The number of likely N-dealkylation sites (tertiary alicyclic amines) is 1. The van der Waals surface area contributed by atoms with E-state index < -0.39 is 0 Å². The molecule has 2 N–H and O–H groups in total. The van der Waals surface area contributed by atoms with Crippen LogP contribution in [-0.2, 0) is 4.79 Å². The second-order valence-corrected chi connectivity index (χ2v) is 9.21. The molecular formula is C27H25N9O3. The van der Waals surface area contributed by atoms with Gasteiger partial charge in [-0.25, -0.2) is 19.0 Å². The van der Waals surface area contributed by atoms with Crippen molar-refractivity contribution in [3.63, 3.8) is 0 Å². The highest BCUT2D eigenvalue weighted by Gasteiger charge is 2.29. The van der Waals surface area contributed by atoms with Gasteiger partial charge in [-0.15, -0.1) is 0 Å². The van der Waals surface area contributed by atoms with Crippen LogP contribution in [0.15, 0.2) is 74.1 Å². The van der Waals surface area contributed by atoms with Crippen molar-refractivity contribution in [1.82, 2.24) is 39.4 Å². The van der Waals surface area contributed by atoms with Crippen molar-refractivity contribution in [1.29, 1.82) is 0 Å². The van der Waals surface area contributed by atoms with Gasteiger partial charge in [0.1, 0.15) is 29.7 Å². The summed E-state index contributed by atoms with van der Waals surface area (Å²) in [4.78, 5) is 35.4. The number of hydrogen-bond acceptors (Lipinski definition) is 8. The van der Waals surface area contributed by atoms with Crippen LogP contribution >= 0.6 is 0 Å². The average Bonchev–Trinajstić information content (AvgIpc) is 3.70. The van der Waals surface area contributed by atoms with E-state index in [1.807, 2.05) is 37.3 Å². The highest BCUT2D eigenvalue weighted by Crippen LogP contribution is 2.30. The SMILES string of the molecule is C=CC(=O)NC1CCN(C(=O)c2ccn3ncnc(Nc4ccc(Oc5ccn6ncnc6c5)c(C)c4)c23)C1. The van der Waals surface area contributed by atoms with E-state index >= 15 is 0 Å². The Bertz CT molecular complexity index is 1720. The third kappa shape index (κ3) is 4.75. The lowest BCUT2D eigenvalue weighted by molar-refractivity contribution is -0.117. The quantitative estimate of drug-likeness (QED) is 0.311. The van der Waals surface area contributed by atoms with Crippen LogP contribution in [0.5, 0.6) is 11.5 Å². The van der Waals surface area contributed by atoms with Crippen LogP contribution in [0.2, 0.25) is 0 Å². The van der Waals surface area contributed by atoms with Crippen molar-refractivity contribution >= 4 is 34.5 Å². The number of nitrogens with one attached hydrogen (secondary N) is 2. The maximum absolute atomic E-state index is 13.4. The van der Waals surface area contributed by atoms with Gasteiger partial charge in [0.15, 0.2) is 11.5 Å². The van der Waals surface area contributed by atoms with Gasteiger partial charge in [-0.2, -0.15) is 10.2 Å². The highest BCUT2D eigenvalue weighted by atomic mass is 16.5. The first-order valence-corrected chi connectivity index (χ1v) is 12.4. The smallest absolute Gasteiger partial charge is 0.256 e. The molecule has 1 fully saturated rings. The first-order chi connectivity index (χ1) is 19.0. The van der Waals surface area contributed by atoms with Crippen molar-refractivity contribution < 1.29 is 14.3 Å². The second kappa shape index (κ2) is 9.89. The van der Waals surface area contributed by atoms with Gasteiger partial charge >= 0.3 is 0 Å². The van der Waals surface area contributed by atoms with Crippen LogP contribution in [0.25, 0.3) is 11.2 Å². The van der Waals surface area contributed by atoms with Crippen molar-refractivity contribution in [2.75, 3.05) is 18.4 Å². The number of pyridine rings is 1. The van der Waals surface area contributed by atoms with E-state index in [9.17, 15) is 9.59 Å². The number of amides is 2. The number of rotatable bonds is 7. The number of benzene rings is 1. The van der Waals surface area contributed by atoms with Gasteiger partial charge in [0, 0.05) is 43.3 Å². The summed E-state index contributed by atoms with van der Waals surface area (Å²) in [7, 11) is 0. The summed E-state index contributed by atoms with van der Waals surface area (Å²) in [6.45, 7) is 6.40. The molecule has 6 rings (SSSR count). The zero-order valence-electron chi connectivity index (χ0n) is 21.1. The third-order valence-corrected chi connectivity index (χ3v) is 6.61. The Morgan fingerprint density at radius 2 is 1.90 bits per heavy atom. The van der Waals surface area contributed by atoms with Crippen LogP contribution in [0.3, 0.4) is 0 Å². The fourth-order valence-corrected chi connectivity index (χ4v) is 4.68. The molecule has 0 radical (unpaired) electrons. The number of carbonyl (C=O) groups excluding carboxylic acids is 2. The fourth-order valence-electron chi connectivity index (χ4n) is 4.68. The summed E-state index contributed by atoms with van der Waals surface area (Å²) in [5.41, 5.74) is 3.43. The largest absolute Gasteiger partial charge is 0.457 e. The fraction of sp³-hybridized carbons (Fsp3) is 0.185. The Kier molecular flexibility index (Phi) is 6.11. The molecule has 4 aromatic heterocycles. The lowest BCUT2D eigenvalue weighted by atomic mass is 10.2. The van der Waals surface area contributed by atoms with E-state index in [0.29, 0.717) is 53.6 Å². The van der Waals surface area contributed by atoms with Crippen molar-refractivity contribution in [3.8, 4) is 11.5 Å². The molecule has 1 aliphatic heterocycles. The van der Waals surface area contributed by atoms with Gasteiger partial charge in [-0.3, -0.25) is 9.59 Å². The topological polar surface area (TPSA) is 131 Å². The number of aromatic nitrogens is 6. The van der Waals surface area contributed by atoms with Gasteiger partial charge < -0.3 is 20.3 Å². The van der Waals surface area contributed by atoms with Gasteiger partial charge in [0.25, 0.3) is 5.91 Å². The lowest BCUT2D eigenvalue weighted by Crippen LogP contribution is -2.37. The van der Waals surface area contributed by atoms with E-state index in [0.717, 1.165) is 11.3 Å². The van der Waals surface area contributed by atoms with Crippen LogP contribution in [-0.4, -0.2) is 65.0 Å². The van der Waals surface area contributed by atoms with E-state index in [1.165, 1.54) is 18.7 Å². The van der Waals surface area contributed by atoms with Crippen LogP contribution in [0, 0.1) is 6.92 Å². The monoisotopic (exact) mass is 523 g/mol. The molecule has 0 bridgehead atoms. The standard InChI is InChI=1S/C27H25N9O3/c1-3-24(37)32-19-6-9-34(14-19)27(38)21-8-11-36-25(21)26(29-16-31-36)33-18-4-5-22(17(2)12-18)39-20-7-10-35-23(13-20)28-15-30-35/h3-5,7-8,10-13,15-16,19H,1,6,9,14H2,2H3,(H,32,37)(H,29,31,33). The Morgan fingerprint density at radius 1 is 1.08 bits per heavy atom. The average molecular weight is 524 g/mol. The molecule has 0 aliphatic carbocycles. The van der Waals surface area contributed by atoms with E-state index in [2.05, 4.69) is 37.4 Å². The molecule has 5 aromatic rings. The van der Waals surface area contributed by atoms with Gasteiger partial charge in [0.05, 0.1) is 5.56 Å². The highest BCUT2D eigenvalue weighted by molar-refractivity contribution is 6.04. The molecule has 39 heavy (non-hydrogen) atoms. The lowest BCUT2D eigenvalue weighted by Gasteiger charge is -2.17. The summed E-state index contributed by atoms with van der Waals surface area (Å²) < 4.78 is 9.37. The number of anilines is 2. The number of aryl methyl sites for hydroxylation is 1. The maximum Gasteiger partial charge on any atom is 0.256 e. The first-order valence-electron chi connectivity index (χ1n) is 12.4. The number of carbonyl (C=O) groups is 2. The molecule has 2 amide bonds. The molecule has 5 heterocycles. The molecule has 0 spiro atoms. The molecule has 196 valence electrons. The van der Waals surface area contributed by atoms with Crippen LogP contribution in [0.1, 0.15) is 22.3 Å². The molecule has 0 saturated carbocycles. The molecule has 12 nitrogen and oxygen atoms in total. The predicted octanol–water partition coefficient (Wildman–Crippen LogP) is 3.13. The zero-order chi connectivity index (χ0) is 26.9. The normalized spacial score (nSPS) is 15.0. The molecule has 1 atom stereocenters. The Balaban J connectivity index is 1.21. The van der Waals surface area contributed by atoms with Crippen molar-refractivity contribution in [2.24, 2.45) is 0 Å². The summed E-state index contributed by atoms with van der Waals surface area (Å²) in [5.74, 6) is 1.46. The minimum absolute atomic E-state index is 0.107. The number of hydrogen-bond donors (Lipinski definition) is 2. The summed E-state index contributed by atoms with van der Waals surface area (Å²) in [5, 5.41) is 14.6. The van der Waals surface area contributed by atoms with Gasteiger partial charge in [-0.05, 0) is 55.3 Å². The predicted molar refractivity (Wildman–Crippen MR) is 143 cm³/mol. The number of ether oxygens (including phenoxy) is 1. The van der Waals surface area contributed by atoms with Crippen molar-refractivity contribution in [2.45, 2.75) is 19.4 Å². The Hall–Kier alpha value is -5.26. The number of fused-ring (bicyclic) bond motifs is 2. The summed E-state index contributed by atoms with van der Waals surface area (Å²) >= 11 is 0. The van der Waals surface area contributed by atoms with Crippen LogP contribution in [0.4, 0.5) is 11.5 Å². The molecule has 1 saturated heterocycles. The van der Waals surface area contributed by atoms with Gasteiger partial charge in [-0.1, -0.05) is 6.58 Å². The molecule has 1 aromatic carbocycles. The molecular weight excluding hydrogens is 498 g/mol. The summed E-state index contributed by atoms with van der Waals surface area (Å²) in [6, 6.07) is 11.0. The minimum Gasteiger partial charge on any atom is -0.457 e. The zero-order valence-corrected chi connectivity index (χ0v) is 21.1.